The van der Waals surface area contributed by atoms with E-state index in [0.717, 1.165) is 25.9 Å². The fourth-order valence-electron chi connectivity index (χ4n) is 1.78. The number of amides is 2. The molecule has 0 aromatic carbocycles. The molecule has 0 bridgehead atoms. The largest absolute Gasteiger partial charge is 0.353 e. The molecule has 1 saturated heterocycles. The van der Waals surface area contributed by atoms with Gasteiger partial charge in [-0.05, 0) is 25.8 Å². The van der Waals surface area contributed by atoms with Gasteiger partial charge in [0.2, 0.25) is 11.8 Å². The molecular formula is C11H18N2O2. The van der Waals surface area contributed by atoms with Gasteiger partial charge in [0.05, 0.1) is 0 Å². The van der Waals surface area contributed by atoms with E-state index in [1.165, 1.54) is 6.92 Å². The number of nitrogens with zero attached hydrogens (tertiary/aromatic N) is 1. The quantitative estimate of drug-likeness (QED) is 0.682. The number of rotatable bonds is 2. The van der Waals surface area contributed by atoms with Gasteiger partial charge in [-0.25, -0.2) is 0 Å². The molecule has 1 heterocycles. The first kappa shape index (κ1) is 11.8. The number of carbonyl (C=O) groups excluding carboxylic acids is 2. The van der Waals surface area contributed by atoms with Crippen LogP contribution in [0.1, 0.15) is 26.7 Å². The van der Waals surface area contributed by atoms with Gasteiger partial charge in [0.1, 0.15) is 0 Å². The SMILES string of the molecule is C/C=C/C(=O)N1CCC(NC(C)=O)CC1. The Balaban J connectivity index is 2.35. The van der Waals surface area contributed by atoms with Gasteiger partial charge in [-0.2, -0.15) is 0 Å². The Kier molecular flexibility index (Phi) is 4.34. The molecule has 0 radical (unpaired) electrons. The molecule has 84 valence electrons. The normalized spacial score (nSPS) is 18.1. The van der Waals surface area contributed by atoms with Gasteiger partial charge in [0.25, 0.3) is 0 Å². The Bertz CT molecular complexity index is 266. The lowest BCUT2D eigenvalue weighted by molar-refractivity contribution is -0.127. The zero-order chi connectivity index (χ0) is 11.3. The lowest BCUT2D eigenvalue weighted by Crippen LogP contribution is -2.45. The molecule has 0 atom stereocenters. The lowest BCUT2D eigenvalue weighted by Gasteiger charge is -2.31. The van der Waals surface area contributed by atoms with Crippen LogP contribution in [0.5, 0.6) is 0 Å². The second-order valence-corrected chi connectivity index (χ2v) is 3.80. The number of carbonyl (C=O) groups is 2. The van der Waals surface area contributed by atoms with E-state index in [1.54, 1.807) is 12.2 Å². The first-order chi connectivity index (χ1) is 7.13. The Hall–Kier alpha value is -1.32. The summed E-state index contributed by atoms with van der Waals surface area (Å²) >= 11 is 0. The summed E-state index contributed by atoms with van der Waals surface area (Å²) in [5.74, 6) is 0.0759. The highest BCUT2D eigenvalue weighted by Crippen LogP contribution is 2.10. The van der Waals surface area contributed by atoms with Crippen LogP contribution in [0, 0.1) is 0 Å². The number of allylic oxidation sites excluding steroid dienone is 1. The maximum absolute atomic E-state index is 11.5. The average molecular weight is 210 g/mol. The third-order valence-corrected chi connectivity index (χ3v) is 2.52. The number of hydrogen-bond acceptors (Lipinski definition) is 2. The Morgan fingerprint density at radius 2 is 1.93 bits per heavy atom. The molecule has 1 aliphatic heterocycles. The summed E-state index contributed by atoms with van der Waals surface area (Å²) in [4.78, 5) is 24.1. The first-order valence-corrected chi connectivity index (χ1v) is 5.32. The summed E-state index contributed by atoms with van der Waals surface area (Å²) in [5, 5.41) is 2.88. The maximum Gasteiger partial charge on any atom is 0.246 e. The standard InChI is InChI=1S/C11H18N2O2/c1-3-4-11(15)13-7-5-10(6-8-13)12-9(2)14/h3-4,10H,5-8H2,1-2H3,(H,12,14)/b4-3+. The van der Waals surface area contributed by atoms with Gasteiger partial charge in [0, 0.05) is 26.1 Å². The van der Waals surface area contributed by atoms with Crippen LogP contribution in [0.25, 0.3) is 0 Å². The van der Waals surface area contributed by atoms with Gasteiger partial charge >= 0.3 is 0 Å². The third-order valence-electron chi connectivity index (χ3n) is 2.52. The highest BCUT2D eigenvalue weighted by Gasteiger charge is 2.21. The van der Waals surface area contributed by atoms with E-state index in [4.69, 9.17) is 0 Å². The van der Waals surface area contributed by atoms with Crippen molar-refractivity contribution in [3.63, 3.8) is 0 Å². The molecule has 1 rings (SSSR count). The predicted molar refractivity (Wildman–Crippen MR) is 58.2 cm³/mol. The topological polar surface area (TPSA) is 49.4 Å². The van der Waals surface area contributed by atoms with Crippen LogP contribution in [-0.4, -0.2) is 35.8 Å². The number of piperidine rings is 1. The monoisotopic (exact) mass is 210 g/mol. The van der Waals surface area contributed by atoms with E-state index in [9.17, 15) is 9.59 Å². The van der Waals surface area contributed by atoms with E-state index in [2.05, 4.69) is 5.32 Å². The van der Waals surface area contributed by atoms with Crippen molar-refractivity contribution in [1.29, 1.82) is 0 Å². The third kappa shape index (κ3) is 3.73. The van der Waals surface area contributed by atoms with Crippen LogP contribution in [0.2, 0.25) is 0 Å². The molecule has 15 heavy (non-hydrogen) atoms. The molecule has 1 N–H and O–H groups in total. The van der Waals surface area contributed by atoms with Crippen LogP contribution in [0.4, 0.5) is 0 Å². The van der Waals surface area contributed by atoms with Crippen molar-refractivity contribution in [2.45, 2.75) is 32.7 Å². The highest BCUT2D eigenvalue weighted by atomic mass is 16.2. The van der Waals surface area contributed by atoms with Crippen molar-refractivity contribution in [3.8, 4) is 0 Å². The zero-order valence-corrected chi connectivity index (χ0v) is 9.32. The van der Waals surface area contributed by atoms with Crippen molar-refractivity contribution >= 4 is 11.8 Å². The van der Waals surface area contributed by atoms with Gasteiger partial charge in [-0.3, -0.25) is 9.59 Å². The molecule has 0 unspecified atom stereocenters. The first-order valence-electron chi connectivity index (χ1n) is 5.32. The maximum atomic E-state index is 11.5. The molecule has 1 fully saturated rings. The molecule has 4 heteroatoms. The second-order valence-electron chi connectivity index (χ2n) is 3.80. The van der Waals surface area contributed by atoms with Crippen LogP contribution in [0.3, 0.4) is 0 Å². The minimum atomic E-state index is 0.00762. The molecule has 0 aliphatic carbocycles. The zero-order valence-electron chi connectivity index (χ0n) is 9.32. The Morgan fingerprint density at radius 3 is 2.40 bits per heavy atom. The predicted octanol–water partition coefficient (Wildman–Crippen LogP) is 0.690. The highest BCUT2D eigenvalue weighted by molar-refractivity contribution is 5.87. The molecule has 0 saturated carbocycles. The number of hydrogen-bond donors (Lipinski definition) is 1. The van der Waals surface area contributed by atoms with Crippen molar-refractivity contribution in [2.24, 2.45) is 0 Å². The molecule has 4 nitrogen and oxygen atoms in total. The van der Waals surface area contributed by atoms with Crippen LogP contribution in [0.15, 0.2) is 12.2 Å². The van der Waals surface area contributed by atoms with Gasteiger partial charge in [-0.1, -0.05) is 6.08 Å². The van der Waals surface area contributed by atoms with Crippen LogP contribution < -0.4 is 5.32 Å². The van der Waals surface area contributed by atoms with Crippen molar-refractivity contribution in [2.75, 3.05) is 13.1 Å². The second kappa shape index (κ2) is 5.53. The minimum Gasteiger partial charge on any atom is -0.353 e. The van der Waals surface area contributed by atoms with E-state index in [-0.39, 0.29) is 17.9 Å². The van der Waals surface area contributed by atoms with E-state index >= 15 is 0 Å². The van der Waals surface area contributed by atoms with Gasteiger partial charge in [-0.15, -0.1) is 0 Å². The summed E-state index contributed by atoms with van der Waals surface area (Å²) < 4.78 is 0. The summed E-state index contributed by atoms with van der Waals surface area (Å²) in [5.41, 5.74) is 0. The van der Waals surface area contributed by atoms with E-state index in [1.807, 2.05) is 11.8 Å². The molecule has 2 amide bonds. The molecule has 0 aromatic heterocycles. The fraction of sp³-hybridized carbons (Fsp3) is 0.636. The molecule has 0 aromatic rings. The minimum absolute atomic E-state index is 0.00762. The van der Waals surface area contributed by atoms with Crippen molar-refractivity contribution < 1.29 is 9.59 Å². The van der Waals surface area contributed by atoms with Gasteiger partial charge in [0.15, 0.2) is 0 Å². The van der Waals surface area contributed by atoms with E-state index in [0.29, 0.717) is 0 Å². The summed E-state index contributed by atoms with van der Waals surface area (Å²) in [6.07, 6.45) is 5.03. The van der Waals surface area contributed by atoms with Crippen molar-refractivity contribution in [1.82, 2.24) is 10.2 Å². The smallest absolute Gasteiger partial charge is 0.246 e. The average Bonchev–Trinajstić information content (AvgIpc) is 2.18. The summed E-state index contributed by atoms with van der Waals surface area (Å²) in [6, 6.07) is 0.233. The molecule has 1 aliphatic rings. The summed E-state index contributed by atoms with van der Waals surface area (Å²) in [6.45, 7) is 4.82. The Labute approximate surface area is 90.3 Å². The molecule has 0 spiro atoms. The van der Waals surface area contributed by atoms with Crippen molar-refractivity contribution in [3.05, 3.63) is 12.2 Å². The van der Waals surface area contributed by atoms with Crippen LogP contribution in [-0.2, 0) is 9.59 Å². The van der Waals surface area contributed by atoms with E-state index < -0.39 is 0 Å². The lowest BCUT2D eigenvalue weighted by atomic mass is 10.0. The number of likely N-dealkylation sites (tertiary alicyclic amines) is 1. The fourth-order valence-corrected chi connectivity index (χ4v) is 1.78. The summed E-state index contributed by atoms with van der Waals surface area (Å²) in [7, 11) is 0. The van der Waals surface area contributed by atoms with Gasteiger partial charge < -0.3 is 10.2 Å². The Morgan fingerprint density at radius 1 is 1.33 bits per heavy atom. The number of nitrogens with one attached hydrogen (secondary N) is 1. The van der Waals surface area contributed by atoms with Crippen LogP contribution >= 0.6 is 0 Å². The molecular weight excluding hydrogens is 192 g/mol.